The summed E-state index contributed by atoms with van der Waals surface area (Å²) in [4.78, 5) is 26.4. The summed E-state index contributed by atoms with van der Waals surface area (Å²) < 4.78 is 9.79. The molecule has 3 N–H and O–H groups in total. The quantitative estimate of drug-likeness (QED) is 0.754. The Kier molecular flexibility index (Phi) is 6.80. The Morgan fingerprint density at radius 2 is 2.04 bits per heavy atom. The Balaban J connectivity index is 2.31. The third-order valence-corrected chi connectivity index (χ3v) is 4.44. The zero-order valence-corrected chi connectivity index (χ0v) is 17.0. The lowest BCUT2D eigenvalue weighted by molar-refractivity contribution is 0.0671. The lowest BCUT2D eigenvalue weighted by Crippen LogP contribution is -2.42. The molecule has 2 amide bonds. The summed E-state index contributed by atoms with van der Waals surface area (Å²) in [6.07, 6.45) is -0.551. The standard InChI is InChI=1S/C20H28N4O4/c1-13-17(14(2)28-23-13)18(25)24(12-20(3,4)11-21)10-15-7-6-8-16(9-15)22-19(26)27-5/h6-9H,10-12,21H2,1-5H3,(H,22,26). The normalized spacial score (nSPS) is 11.2. The van der Waals surface area contributed by atoms with Crippen molar-refractivity contribution in [1.29, 1.82) is 0 Å². The summed E-state index contributed by atoms with van der Waals surface area (Å²) >= 11 is 0. The van der Waals surface area contributed by atoms with E-state index in [4.69, 9.17) is 10.3 Å². The number of ether oxygens (including phenoxy) is 1. The molecule has 8 heteroatoms. The van der Waals surface area contributed by atoms with E-state index in [-0.39, 0.29) is 11.3 Å². The van der Waals surface area contributed by atoms with Crippen molar-refractivity contribution in [3.05, 3.63) is 46.8 Å². The van der Waals surface area contributed by atoms with Gasteiger partial charge < -0.3 is 19.9 Å². The number of methoxy groups -OCH3 is 1. The number of aromatic nitrogens is 1. The molecule has 28 heavy (non-hydrogen) atoms. The molecule has 1 aromatic carbocycles. The van der Waals surface area contributed by atoms with Crippen LogP contribution in [-0.2, 0) is 11.3 Å². The maximum atomic E-state index is 13.3. The Hall–Kier alpha value is -2.87. The zero-order valence-electron chi connectivity index (χ0n) is 17.0. The zero-order chi connectivity index (χ0) is 20.9. The number of hydrogen-bond acceptors (Lipinski definition) is 6. The van der Waals surface area contributed by atoms with Gasteiger partial charge in [0.15, 0.2) is 0 Å². The first-order valence-electron chi connectivity index (χ1n) is 9.03. The minimum Gasteiger partial charge on any atom is -0.453 e. The topological polar surface area (TPSA) is 111 Å². The summed E-state index contributed by atoms with van der Waals surface area (Å²) in [5.41, 5.74) is 8.10. The van der Waals surface area contributed by atoms with Gasteiger partial charge in [0.05, 0.1) is 12.8 Å². The fraction of sp³-hybridized carbons (Fsp3) is 0.450. The minimum absolute atomic E-state index is 0.163. The number of hydrogen-bond donors (Lipinski definition) is 2. The van der Waals surface area contributed by atoms with Gasteiger partial charge in [-0.1, -0.05) is 31.1 Å². The highest BCUT2D eigenvalue weighted by Crippen LogP contribution is 2.23. The van der Waals surface area contributed by atoms with Crippen molar-refractivity contribution in [2.24, 2.45) is 11.1 Å². The first-order chi connectivity index (χ1) is 13.2. The number of amides is 2. The first kappa shape index (κ1) is 21.4. The number of carbonyl (C=O) groups excluding carboxylic acids is 2. The van der Waals surface area contributed by atoms with Gasteiger partial charge >= 0.3 is 6.09 Å². The summed E-state index contributed by atoms with van der Waals surface area (Å²) in [5, 5.41) is 6.52. The van der Waals surface area contributed by atoms with Crippen LogP contribution in [0.2, 0.25) is 0 Å². The molecule has 0 atom stereocenters. The average Bonchev–Trinajstić information content (AvgIpc) is 2.99. The van der Waals surface area contributed by atoms with Crippen LogP contribution in [0.1, 0.15) is 41.2 Å². The fourth-order valence-corrected chi connectivity index (χ4v) is 2.86. The van der Waals surface area contributed by atoms with E-state index in [1.165, 1.54) is 7.11 Å². The van der Waals surface area contributed by atoms with Crippen molar-refractivity contribution in [1.82, 2.24) is 10.1 Å². The molecule has 0 saturated carbocycles. The van der Waals surface area contributed by atoms with E-state index in [1.807, 2.05) is 26.0 Å². The van der Waals surface area contributed by atoms with Gasteiger partial charge in [0, 0.05) is 18.8 Å². The Bertz CT molecular complexity index is 825. The number of benzene rings is 1. The summed E-state index contributed by atoms with van der Waals surface area (Å²) in [5.74, 6) is 0.322. The first-order valence-corrected chi connectivity index (χ1v) is 9.03. The molecule has 0 spiro atoms. The summed E-state index contributed by atoms with van der Waals surface area (Å²) in [6, 6.07) is 7.27. The highest BCUT2D eigenvalue weighted by Gasteiger charge is 2.28. The van der Waals surface area contributed by atoms with Crippen LogP contribution < -0.4 is 11.1 Å². The van der Waals surface area contributed by atoms with Gasteiger partial charge in [0.25, 0.3) is 5.91 Å². The van der Waals surface area contributed by atoms with Gasteiger partial charge in [-0.25, -0.2) is 4.79 Å². The van der Waals surface area contributed by atoms with Gasteiger partial charge in [-0.15, -0.1) is 0 Å². The van der Waals surface area contributed by atoms with E-state index in [2.05, 4.69) is 15.2 Å². The van der Waals surface area contributed by atoms with Gasteiger partial charge in [0.2, 0.25) is 0 Å². The number of nitrogens with two attached hydrogens (primary N) is 1. The Morgan fingerprint density at radius 1 is 1.32 bits per heavy atom. The van der Waals surface area contributed by atoms with E-state index in [1.54, 1.807) is 30.9 Å². The SMILES string of the molecule is COC(=O)Nc1cccc(CN(CC(C)(C)CN)C(=O)c2c(C)noc2C)c1. The molecular formula is C20H28N4O4. The van der Waals surface area contributed by atoms with Crippen LogP contribution in [0.5, 0.6) is 0 Å². The number of anilines is 1. The van der Waals surface area contributed by atoms with Gasteiger partial charge in [-0.3, -0.25) is 10.1 Å². The van der Waals surface area contributed by atoms with Crippen LogP contribution in [0.15, 0.2) is 28.8 Å². The molecule has 0 fully saturated rings. The number of aryl methyl sites for hydroxylation is 2. The van der Waals surface area contributed by atoms with Crippen LogP contribution in [-0.4, -0.2) is 42.3 Å². The third kappa shape index (κ3) is 5.32. The number of carbonyl (C=O) groups is 2. The second-order valence-corrected chi connectivity index (χ2v) is 7.55. The highest BCUT2D eigenvalue weighted by atomic mass is 16.5. The molecule has 0 aliphatic heterocycles. The summed E-state index contributed by atoms with van der Waals surface area (Å²) in [7, 11) is 1.30. The predicted octanol–water partition coefficient (Wildman–Crippen LogP) is 3.10. The number of rotatable bonds is 7. The molecule has 8 nitrogen and oxygen atoms in total. The molecule has 0 aliphatic carbocycles. The van der Waals surface area contributed by atoms with Crippen LogP contribution in [0, 0.1) is 19.3 Å². The maximum Gasteiger partial charge on any atom is 0.411 e. The third-order valence-electron chi connectivity index (χ3n) is 4.44. The Morgan fingerprint density at radius 3 is 2.61 bits per heavy atom. The van der Waals surface area contributed by atoms with Crippen LogP contribution in [0.4, 0.5) is 10.5 Å². The molecule has 1 heterocycles. The molecular weight excluding hydrogens is 360 g/mol. The van der Waals surface area contributed by atoms with E-state index in [0.29, 0.717) is 42.3 Å². The van der Waals surface area contributed by atoms with Gasteiger partial charge in [-0.2, -0.15) is 0 Å². The van der Waals surface area contributed by atoms with Crippen molar-refractivity contribution < 1.29 is 18.8 Å². The van der Waals surface area contributed by atoms with E-state index in [9.17, 15) is 9.59 Å². The molecule has 152 valence electrons. The predicted molar refractivity (Wildman–Crippen MR) is 106 cm³/mol. The lowest BCUT2D eigenvalue weighted by Gasteiger charge is -2.32. The number of nitrogens with zero attached hydrogens (tertiary/aromatic N) is 2. The smallest absolute Gasteiger partial charge is 0.411 e. The largest absolute Gasteiger partial charge is 0.453 e. The maximum absolute atomic E-state index is 13.3. The van der Waals surface area contributed by atoms with Crippen LogP contribution in [0.3, 0.4) is 0 Å². The molecule has 0 saturated heterocycles. The highest BCUT2D eigenvalue weighted by molar-refractivity contribution is 5.96. The fourth-order valence-electron chi connectivity index (χ4n) is 2.86. The Labute approximate surface area is 165 Å². The molecule has 2 aromatic rings. The molecule has 1 aromatic heterocycles. The van der Waals surface area contributed by atoms with Gasteiger partial charge in [0.1, 0.15) is 11.3 Å². The monoisotopic (exact) mass is 388 g/mol. The molecule has 0 unspecified atom stereocenters. The van der Waals surface area contributed by atoms with E-state index in [0.717, 1.165) is 5.56 Å². The molecule has 0 bridgehead atoms. The van der Waals surface area contributed by atoms with Crippen LogP contribution >= 0.6 is 0 Å². The average molecular weight is 388 g/mol. The van der Waals surface area contributed by atoms with Crippen molar-refractivity contribution >= 4 is 17.7 Å². The van der Waals surface area contributed by atoms with E-state index >= 15 is 0 Å². The second-order valence-electron chi connectivity index (χ2n) is 7.55. The van der Waals surface area contributed by atoms with Crippen molar-refractivity contribution in [3.8, 4) is 0 Å². The number of nitrogens with one attached hydrogen (secondary N) is 1. The van der Waals surface area contributed by atoms with Gasteiger partial charge in [-0.05, 0) is 43.5 Å². The minimum atomic E-state index is -0.551. The van der Waals surface area contributed by atoms with Crippen molar-refractivity contribution in [2.75, 3.05) is 25.5 Å². The summed E-state index contributed by atoms with van der Waals surface area (Å²) in [6.45, 7) is 8.73. The molecule has 0 aliphatic rings. The molecule has 0 radical (unpaired) electrons. The lowest BCUT2D eigenvalue weighted by atomic mass is 9.92. The van der Waals surface area contributed by atoms with Crippen LogP contribution in [0.25, 0.3) is 0 Å². The molecule has 2 rings (SSSR count). The second kappa shape index (κ2) is 8.88. The van der Waals surface area contributed by atoms with E-state index < -0.39 is 6.09 Å². The van der Waals surface area contributed by atoms with Crippen molar-refractivity contribution in [3.63, 3.8) is 0 Å². The van der Waals surface area contributed by atoms with Crippen molar-refractivity contribution in [2.45, 2.75) is 34.2 Å².